The van der Waals surface area contributed by atoms with Crippen LogP contribution in [0.3, 0.4) is 0 Å². The number of fused-ring (bicyclic) bond motifs is 1. The fourth-order valence-corrected chi connectivity index (χ4v) is 2.65. The van der Waals surface area contributed by atoms with E-state index < -0.39 is 6.10 Å². The summed E-state index contributed by atoms with van der Waals surface area (Å²) >= 11 is 0. The second-order valence-corrected chi connectivity index (χ2v) is 5.77. The molecule has 2 aromatic carbocycles. The molecule has 0 unspecified atom stereocenters. The van der Waals surface area contributed by atoms with E-state index in [9.17, 15) is 5.11 Å². The Morgan fingerprint density at radius 1 is 1.12 bits per heavy atom. The van der Waals surface area contributed by atoms with Gasteiger partial charge in [-0.2, -0.15) is 0 Å². The van der Waals surface area contributed by atoms with Gasteiger partial charge in [0.2, 0.25) is 0 Å². The van der Waals surface area contributed by atoms with Gasteiger partial charge in [0, 0.05) is 23.6 Å². The highest BCUT2D eigenvalue weighted by molar-refractivity contribution is 5.87. The number of rotatable bonds is 7. The van der Waals surface area contributed by atoms with Crippen LogP contribution in [0.2, 0.25) is 0 Å². The van der Waals surface area contributed by atoms with Gasteiger partial charge in [-0.1, -0.05) is 12.1 Å². The molecule has 5 nitrogen and oxygen atoms in total. The average Bonchev–Trinajstić information content (AvgIpc) is 2.66. The lowest BCUT2D eigenvalue weighted by Crippen LogP contribution is -2.29. The van der Waals surface area contributed by atoms with Crippen molar-refractivity contribution in [1.82, 2.24) is 10.3 Å². The summed E-state index contributed by atoms with van der Waals surface area (Å²) in [5, 5.41) is 13.8. The maximum atomic E-state index is 9.91. The number of likely N-dealkylation sites (N-methyl/N-ethyl adjacent to an activating group) is 1. The first-order chi connectivity index (χ1) is 12.2. The molecule has 3 aromatic rings. The number of para-hydroxylation sites is 1. The first-order valence-corrected chi connectivity index (χ1v) is 8.21. The minimum absolute atomic E-state index is 0.219. The number of nitrogens with one attached hydrogen (secondary N) is 1. The van der Waals surface area contributed by atoms with Gasteiger partial charge >= 0.3 is 0 Å². The first kappa shape index (κ1) is 17.2. The third kappa shape index (κ3) is 4.07. The molecule has 1 heterocycles. The quantitative estimate of drug-likeness (QED) is 0.693. The zero-order valence-corrected chi connectivity index (χ0v) is 14.4. The molecule has 1 atom stereocenters. The van der Waals surface area contributed by atoms with Crippen LogP contribution in [0.4, 0.5) is 0 Å². The zero-order chi connectivity index (χ0) is 17.6. The van der Waals surface area contributed by atoms with E-state index in [2.05, 4.69) is 5.32 Å². The number of benzene rings is 2. The van der Waals surface area contributed by atoms with Crippen LogP contribution in [0.15, 0.2) is 54.6 Å². The summed E-state index contributed by atoms with van der Waals surface area (Å²) in [6.07, 6.45) is -0.568. The van der Waals surface area contributed by atoms with Gasteiger partial charge in [-0.15, -0.1) is 0 Å². The van der Waals surface area contributed by atoms with Crippen molar-refractivity contribution in [2.75, 3.05) is 27.3 Å². The van der Waals surface area contributed by atoms with Crippen molar-refractivity contribution in [1.29, 1.82) is 0 Å². The lowest BCUT2D eigenvalue weighted by atomic mass is 10.1. The van der Waals surface area contributed by atoms with E-state index in [0.29, 0.717) is 12.3 Å². The topological polar surface area (TPSA) is 63.6 Å². The Kier molecular flexibility index (Phi) is 5.48. The number of methoxy groups -OCH3 is 1. The van der Waals surface area contributed by atoms with Gasteiger partial charge in [0.15, 0.2) is 0 Å². The molecule has 0 aliphatic rings. The van der Waals surface area contributed by atoms with E-state index in [1.165, 1.54) is 0 Å². The maximum Gasteiger partial charge on any atom is 0.131 e. The molecule has 25 heavy (non-hydrogen) atoms. The van der Waals surface area contributed by atoms with Crippen molar-refractivity contribution in [3.63, 3.8) is 0 Å². The van der Waals surface area contributed by atoms with E-state index >= 15 is 0 Å². The highest BCUT2D eigenvalue weighted by Crippen LogP contribution is 2.30. The molecule has 5 heteroatoms. The molecule has 0 bridgehead atoms. The van der Waals surface area contributed by atoms with E-state index in [1.807, 2.05) is 54.6 Å². The highest BCUT2D eigenvalue weighted by Gasteiger charge is 2.11. The molecule has 0 aliphatic carbocycles. The van der Waals surface area contributed by atoms with Crippen molar-refractivity contribution in [3.05, 3.63) is 54.6 Å². The Balaban J connectivity index is 1.96. The molecule has 3 rings (SSSR count). The van der Waals surface area contributed by atoms with Crippen LogP contribution >= 0.6 is 0 Å². The normalized spacial score (nSPS) is 12.1. The second-order valence-electron chi connectivity index (χ2n) is 5.77. The molecule has 0 saturated carbocycles. The Morgan fingerprint density at radius 2 is 1.88 bits per heavy atom. The maximum absolute atomic E-state index is 9.91. The van der Waals surface area contributed by atoms with Gasteiger partial charge in [0.05, 0.1) is 18.3 Å². The number of pyridine rings is 1. The van der Waals surface area contributed by atoms with Gasteiger partial charge in [-0.3, -0.25) is 0 Å². The minimum Gasteiger partial charge on any atom is -0.497 e. The van der Waals surface area contributed by atoms with Crippen LogP contribution in [0.25, 0.3) is 22.2 Å². The molecule has 2 N–H and O–H groups in total. The lowest BCUT2D eigenvalue weighted by Gasteiger charge is -2.15. The Bertz CT molecular complexity index is 834. The summed E-state index contributed by atoms with van der Waals surface area (Å²) in [6, 6.07) is 17.5. The van der Waals surface area contributed by atoms with Crippen LogP contribution in [0.1, 0.15) is 0 Å². The van der Waals surface area contributed by atoms with E-state index in [4.69, 9.17) is 14.5 Å². The van der Waals surface area contributed by atoms with Crippen LogP contribution in [-0.4, -0.2) is 43.5 Å². The molecule has 130 valence electrons. The predicted octanol–water partition coefficient (Wildman–Crippen LogP) is 2.87. The third-order valence-corrected chi connectivity index (χ3v) is 3.93. The van der Waals surface area contributed by atoms with Crippen LogP contribution < -0.4 is 14.8 Å². The number of aliphatic hydroxyl groups is 1. The monoisotopic (exact) mass is 338 g/mol. The smallest absolute Gasteiger partial charge is 0.131 e. The van der Waals surface area contributed by atoms with Crippen molar-refractivity contribution >= 4 is 10.9 Å². The SMILES string of the molecule is CNC[C@H](O)COc1cc(-c2ccc(OC)cc2)nc2ccccc12. The molecule has 0 fully saturated rings. The second kappa shape index (κ2) is 7.96. The average molecular weight is 338 g/mol. The third-order valence-electron chi connectivity index (χ3n) is 3.93. The summed E-state index contributed by atoms with van der Waals surface area (Å²) in [4.78, 5) is 4.73. The van der Waals surface area contributed by atoms with E-state index in [1.54, 1.807) is 14.2 Å². The lowest BCUT2D eigenvalue weighted by molar-refractivity contribution is 0.109. The number of hydrogen-bond acceptors (Lipinski definition) is 5. The van der Waals surface area contributed by atoms with Gasteiger partial charge in [-0.25, -0.2) is 4.98 Å². The summed E-state index contributed by atoms with van der Waals surface area (Å²) in [7, 11) is 3.44. The van der Waals surface area contributed by atoms with Gasteiger partial charge in [-0.05, 0) is 43.4 Å². The zero-order valence-electron chi connectivity index (χ0n) is 14.4. The summed E-state index contributed by atoms with van der Waals surface area (Å²) in [6.45, 7) is 0.700. The first-order valence-electron chi connectivity index (χ1n) is 8.21. The number of ether oxygens (including phenoxy) is 2. The largest absolute Gasteiger partial charge is 0.497 e. The van der Waals surface area contributed by atoms with Gasteiger partial charge < -0.3 is 19.9 Å². The van der Waals surface area contributed by atoms with Crippen molar-refractivity contribution in [2.24, 2.45) is 0 Å². The summed E-state index contributed by atoms with van der Waals surface area (Å²) in [5.74, 6) is 1.52. The molecule has 1 aromatic heterocycles. The van der Waals surface area contributed by atoms with Crippen molar-refractivity contribution in [2.45, 2.75) is 6.10 Å². The van der Waals surface area contributed by atoms with Crippen LogP contribution in [0.5, 0.6) is 11.5 Å². The molecule has 0 radical (unpaired) electrons. The Labute approximate surface area is 147 Å². The van der Waals surface area contributed by atoms with E-state index in [-0.39, 0.29) is 6.61 Å². The van der Waals surface area contributed by atoms with E-state index in [0.717, 1.165) is 27.9 Å². The number of aliphatic hydroxyl groups excluding tert-OH is 1. The highest BCUT2D eigenvalue weighted by atomic mass is 16.5. The van der Waals surface area contributed by atoms with Gasteiger partial charge in [0.25, 0.3) is 0 Å². The molecule has 0 aliphatic heterocycles. The fraction of sp³-hybridized carbons (Fsp3) is 0.250. The minimum atomic E-state index is -0.568. The number of hydrogen-bond donors (Lipinski definition) is 2. The summed E-state index contributed by atoms with van der Waals surface area (Å²) in [5.41, 5.74) is 2.65. The predicted molar refractivity (Wildman–Crippen MR) is 99.2 cm³/mol. The number of nitrogens with zero attached hydrogens (tertiary/aromatic N) is 1. The summed E-state index contributed by atoms with van der Waals surface area (Å²) < 4.78 is 11.1. The standard InChI is InChI=1S/C20H22N2O3/c1-21-12-15(23)13-25-20-11-19(14-7-9-16(24-2)10-8-14)22-18-6-4-3-5-17(18)20/h3-11,15,21,23H,12-13H2,1-2H3/t15-/m0/s1. The van der Waals surface area contributed by atoms with Crippen LogP contribution in [-0.2, 0) is 0 Å². The molecular formula is C20H22N2O3. The Hall–Kier alpha value is -2.63. The van der Waals surface area contributed by atoms with Crippen LogP contribution in [0, 0.1) is 0 Å². The molecule has 0 saturated heterocycles. The van der Waals surface area contributed by atoms with Crippen molar-refractivity contribution < 1.29 is 14.6 Å². The number of aromatic nitrogens is 1. The van der Waals surface area contributed by atoms with Crippen molar-refractivity contribution in [3.8, 4) is 22.8 Å². The molecule has 0 spiro atoms. The fourth-order valence-electron chi connectivity index (χ4n) is 2.65. The Morgan fingerprint density at radius 3 is 2.60 bits per heavy atom. The molecular weight excluding hydrogens is 316 g/mol. The molecule has 0 amide bonds. The van der Waals surface area contributed by atoms with Gasteiger partial charge in [0.1, 0.15) is 24.2 Å².